The zero-order valence-electron chi connectivity index (χ0n) is 16.7. The number of para-hydroxylation sites is 1. The van der Waals surface area contributed by atoms with E-state index in [1.54, 1.807) is 6.33 Å². The molecule has 0 unspecified atom stereocenters. The molecular weight excluding hydrogens is 402 g/mol. The minimum atomic E-state index is 0.0686. The molecule has 2 fully saturated rings. The van der Waals surface area contributed by atoms with Crippen molar-refractivity contribution in [1.82, 2.24) is 24.8 Å². The molecule has 0 aliphatic carbocycles. The van der Waals surface area contributed by atoms with Gasteiger partial charge in [0.2, 0.25) is 11.2 Å². The number of H-pyrrole nitrogens is 1. The number of carbonyl (C=O) groups is 1. The van der Waals surface area contributed by atoms with Crippen LogP contribution in [0.3, 0.4) is 0 Å². The van der Waals surface area contributed by atoms with Crippen LogP contribution in [-0.4, -0.2) is 70.0 Å². The number of fused-ring (bicyclic) bond motifs is 1. The lowest BCUT2D eigenvalue weighted by atomic mass is 9.95. The van der Waals surface area contributed by atoms with Crippen molar-refractivity contribution in [3.8, 4) is 0 Å². The van der Waals surface area contributed by atoms with Gasteiger partial charge in [-0.05, 0) is 36.6 Å². The van der Waals surface area contributed by atoms with Gasteiger partial charge in [-0.1, -0.05) is 18.2 Å². The maximum atomic E-state index is 13.1. The number of aromatic nitrogens is 4. The van der Waals surface area contributed by atoms with Crippen molar-refractivity contribution in [3.63, 3.8) is 0 Å². The highest BCUT2D eigenvalue weighted by atomic mass is 35.5. The highest BCUT2D eigenvalue weighted by Crippen LogP contribution is 2.28. The monoisotopic (exact) mass is 425 g/mol. The molecule has 0 atom stereocenters. The lowest BCUT2D eigenvalue weighted by molar-refractivity contribution is -0.136. The molecule has 8 nitrogen and oxygen atoms in total. The second-order valence-corrected chi connectivity index (χ2v) is 8.16. The molecule has 0 spiro atoms. The Hall–Kier alpha value is -2.87. The number of hydrogen-bond donors (Lipinski definition) is 1. The number of nitrogens with one attached hydrogen (secondary N) is 1. The number of anilines is 2. The zero-order valence-corrected chi connectivity index (χ0v) is 17.4. The van der Waals surface area contributed by atoms with Crippen LogP contribution in [0.15, 0.2) is 36.7 Å². The molecule has 2 aromatic heterocycles. The normalized spacial score (nSPS) is 18.2. The van der Waals surface area contributed by atoms with E-state index < -0.39 is 0 Å². The minimum absolute atomic E-state index is 0.0686. The van der Waals surface area contributed by atoms with Crippen molar-refractivity contribution in [2.24, 2.45) is 5.92 Å². The third-order valence-electron chi connectivity index (χ3n) is 6.10. The molecule has 3 aromatic rings. The fourth-order valence-electron chi connectivity index (χ4n) is 4.44. The van der Waals surface area contributed by atoms with Gasteiger partial charge < -0.3 is 19.7 Å². The van der Waals surface area contributed by atoms with Crippen LogP contribution in [0.5, 0.6) is 0 Å². The molecule has 4 heterocycles. The second kappa shape index (κ2) is 8.10. The largest absolute Gasteiger partial charge is 0.368 e. The highest BCUT2D eigenvalue weighted by Gasteiger charge is 2.31. The van der Waals surface area contributed by atoms with Gasteiger partial charge in [0, 0.05) is 50.9 Å². The molecule has 5 rings (SSSR count). The van der Waals surface area contributed by atoms with Gasteiger partial charge in [-0.3, -0.25) is 4.79 Å². The number of hydrogen-bond acceptors (Lipinski definition) is 6. The molecule has 1 amide bonds. The Morgan fingerprint density at radius 3 is 2.43 bits per heavy atom. The number of rotatable bonds is 3. The Labute approximate surface area is 179 Å². The molecular formula is C21H24ClN7O. The van der Waals surface area contributed by atoms with Gasteiger partial charge in [-0.2, -0.15) is 9.97 Å². The van der Waals surface area contributed by atoms with Gasteiger partial charge in [0.1, 0.15) is 5.52 Å². The molecule has 1 N–H and O–H groups in total. The average Bonchev–Trinajstić information content (AvgIpc) is 3.27. The Kier molecular flexibility index (Phi) is 5.16. The molecule has 0 radical (unpaired) electrons. The van der Waals surface area contributed by atoms with Gasteiger partial charge in [0.15, 0.2) is 11.5 Å². The summed E-state index contributed by atoms with van der Waals surface area (Å²) in [5, 5.41) is 0.194. The molecule has 156 valence electrons. The van der Waals surface area contributed by atoms with Crippen molar-refractivity contribution in [3.05, 3.63) is 41.9 Å². The number of nitrogens with zero attached hydrogens (tertiary/aromatic N) is 6. The summed E-state index contributed by atoms with van der Waals surface area (Å²) in [4.78, 5) is 35.5. The summed E-state index contributed by atoms with van der Waals surface area (Å²) in [5.41, 5.74) is 2.59. The summed E-state index contributed by atoms with van der Waals surface area (Å²) < 4.78 is 0. The number of carbonyl (C=O) groups excluding carboxylic acids is 1. The fraction of sp³-hybridized carbons (Fsp3) is 0.429. The van der Waals surface area contributed by atoms with Crippen LogP contribution in [0.2, 0.25) is 5.28 Å². The van der Waals surface area contributed by atoms with E-state index in [-0.39, 0.29) is 17.1 Å². The number of aromatic amines is 1. The highest BCUT2D eigenvalue weighted by molar-refractivity contribution is 6.28. The van der Waals surface area contributed by atoms with Gasteiger partial charge in [0.25, 0.3) is 0 Å². The van der Waals surface area contributed by atoms with Crippen LogP contribution in [-0.2, 0) is 4.79 Å². The predicted octanol–water partition coefficient (Wildman–Crippen LogP) is 2.57. The summed E-state index contributed by atoms with van der Waals surface area (Å²) >= 11 is 6.07. The molecule has 2 saturated heterocycles. The smallest absolute Gasteiger partial charge is 0.226 e. The van der Waals surface area contributed by atoms with E-state index >= 15 is 0 Å². The standard InChI is InChI=1S/C21H24ClN7O/c22-21-25-18-17(23-14-24-18)19(26-21)28-8-6-15(7-9-28)20(30)29-12-10-27(11-13-29)16-4-2-1-3-5-16/h1-5,14-15H,6-13H2,(H,23,24,25,26). The topological polar surface area (TPSA) is 81.2 Å². The first-order valence-corrected chi connectivity index (χ1v) is 10.8. The average molecular weight is 426 g/mol. The van der Waals surface area contributed by atoms with Crippen molar-refractivity contribution >= 4 is 40.2 Å². The second-order valence-electron chi connectivity index (χ2n) is 7.83. The third kappa shape index (κ3) is 3.67. The van der Waals surface area contributed by atoms with Crippen LogP contribution in [0.1, 0.15) is 12.8 Å². The van der Waals surface area contributed by atoms with Gasteiger partial charge >= 0.3 is 0 Å². The van der Waals surface area contributed by atoms with Crippen LogP contribution in [0, 0.1) is 5.92 Å². The number of halogens is 1. The minimum Gasteiger partial charge on any atom is -0.368 e. The Balaban J connectivity index is 1.19. The van der Waals surface area contributed by atoms with Gasteiger partial charge in [0.05, 0.1) is 6.33 Å². The first-order valence-electron chi connectivity index (χ1n) is 10.4. The number of piperazine rings is 1. The SMILES string of the molecule is O=C(C1CCN(c2nc(Cl)nc3nc[nH]c23)CC1)N1CCN(c2ccccc2)CC1. The van der Waals surface area contributed by atoms with Crippen molar-refractivity contribution in [2.45, 2.75) is 12.8 Å². The number of benzene rings is 1. The zero-order chi connectivity index (χ0) is 20.5. The summed E-state index contributed by atoms with van der Waals surface area (Å²) in [5.74, 6) is 1.12. The Bertz CT molecular complexity index is 1020. The van der Waals surface area contributed by atoms with Crippen molar-refractivity contribution < 1.29 is 4.79 Å². The van der Waals surface area contributed by atoms with E-state index in [4.69, 9.17) is 11.6 Å². The quantitative estimate of drug-likeness (QED) is 0.649. The van der Waals surface area contributed by atoms with Crippen LogP contribution >= 0.6 is 11.6 Å². The van der Waals surface area contributed by atoms with E-state index in [0.29, 0.717) is 5.65 Å². The maximum Gasteiger partial charge on any atom is 0.226 e. The van der Waals surface area contributed by atoms with E-state index in [1.165, 1.54) is 5.69 Å². The number of amides is 1. The maximum absolute atomic E-state index is 13.1. The molecule has 1 aromatic carbocycles. The molecule has 9 heteroatoms. The fourth-order valence-corrected chi connectivity index (χ4v) is 4.60. The van der Waals surface area contributed by atoms with Gasteiger partial charge in [-0.25, -0.2) is 4.98 Å². The summed E-state index contributed by atoms with van der Waals surface area (Å²) in [6.07, 6.45) is 3.23. The number of imidazole rings is 1. The summed E-state index contributed by atoms with van der Waals surface area (Å²) in [6.45, 7) is 4.86. The Morgan fingerprint density at radius 1 is 0.967 bits per heavy atom. The molecule has 2 aliphatic rings. The van der Waals surface area contributed by atoms with Crippen LogP contribution in [0.4, 0.5) is 11.5 Å². The van der Waals surface area contributed by atoms with E-state index in [9.17, 15) is 4.79 Å². The van der Waals surface area contributed by atoms with Crippen molar-refractivity contribution in [2.75, 3.05) is 49.1 Å². The van der Waals surface area contributed by atoms with Gasteiger partial charge in [-0.15, -0.1) is 0 Å². The lowest BCUT2D eigenvalue weighted by Gasteiger charge is -2.39. The van der Waals surface area contributed by atoms with Crippen molar-refractivity contribution in [1.29, 1.82) is 0 Å². The molecule has 0 bridgehead atoms. The molecule has 2 aliphatic heterocycles. The molecule has 30 heavy (non-hydrogen) atoms. The van der Waals surface area contributed by atoms with E-state index in [1.807, 2.05) is 11.0 Å². The first-order chi connectivity index (χ1) is 14.7. The Morgan fingerprint density at radius 2 is 1.70 bits per heavy atom. The number of piperidine rings is 1. The van der Waals surface area contributed by atoms with Crippen LogP contribution in [0.25, 0.3) is 11.2 Å². The first kappa shape index (κ1) is 19.1. The van der Waals surface area contributed by atoms with Crippen LogP contribution < -0.4 is 9.80 Å². The van der Waals surface area contributed by atoms with E-state index in [2.05, 4.69) is 54.0 Å². The van der Waals surface area contributed by atoms with E-state index in [0.717, 1.165) is 63.4 Å². The summed E-state index contributed by atoms with van der Waals surface area (Å²) in [7, 11) is 0. The predicted molar refractivity (Wildman–Crippen MR) is 117 cm³/mol. The molecule has 0 saturated carbocycles. The lowest BCUT2D eigenvalue weighted by Crippen LogP contribution is -2.51. The third-order valence-corrected chi connectivity index (χ3v) is 6.26. The summed E-state index contributed by atoms with van der Waals surface area (Å²) in [6, 6.07) is 10.4.